The smallest absolute Gasteiger partial charge is 0.316 e. The Morgan fingerprint density at radius 1 is 1.36 bits per heavy atom. The first-order chi connectivity index (χ1) is 6.83. The molecule has 1 aromatic rings. The summed E-state index contributed by atoms with van der Waals surface area (Å²) in [6.45, 7) is 0.344. The SMILES string of the molecule is O=C(CI)OC/C=C/c1ccccc1. The van der Waals surface area contributed by atoms with Crippen LogP contribution in [0.4, 0.5) is 0 Å². The van der Waals surface area contributed by atoms with Crippen LogP contribution in [0.1, 0.15) is 5.56 Å². The average Bonchev–Trinajstić information content (AvgIpc) is 2.25. The third kappa shape index (κ3) is 4.41. The van der Waals surface area contributed by atoms with Gasteiger partial charge in [-0.05, 0) is 11.6 Å². The van der Waals surface area contributed by atoms with Gasteiger partial charge in [0.15, 0.2) is 0 Å². The molecule has 0 heterocycles. The summed E-state index contributed by atoms with van der Waals surface area (Å²) >= 11 is 1.98. The van der Waals surface area contributed by atoms with Crippen molar-refractivity contribution in [2.24, 2.45) is 0 Å². The van der Waals surface area contributed by atoms with Gasteiger partial charge in [0.25, 0.3) is 0 Å². The summed E-state index contributed by atoms with van der Waals surface area (Å²) in [5.41, 5.74) is 1.11. The lowest BCUT2D eigenvalue weighted by molar-refractivity contribution is -0.138. The van der Waals surface area contributed by atoms with E-state index in [1.54, 1.807) is 0 Å². The largest absolute Gasteiger partial charge is 0.461 e. The van der Waals surface area contributed by atoms with Crippen molar-refractivity contribution in [2.75, 3.05) is 11.0 Å². The Labute approximate surface area is 97.1 Å². The van der Waals surface area contributed by atoms with Gasteiger partial charge in [-0.15, -0.1) is 0 Å². The molecule has 0 N–H and O–H groups in total. The van der Waals surface area contributed by atoms with Gasteiger partial charge in [0.05, 0.1) is 4.43 Å². The van der Waals surface area contributed by atoms with Crippen LogP contribution >= 0.6 is 22.6 Å². The first-order valence-corrected chi connectivity index (χ1v) is 5.78. The molecule has 0 aliphatic rings. The second-order valence-corrected chi connectivity index (χ2v) is 3.39. The van der Waals surface area contributed by atoms with Crippen LogP contribution in [0, 0.1) is 0 Å². The summed E-state index contributed by atoms with van der Waals surface area (Å²) in [5, 5.41) is 0. The topological polar surface area (TPSA) is 26.3 Å². The number of alkyl halides is 1. The van der Waals surface area contributed by atoms with E-state index in [1.807, 2.05) is 65.1 Å². The molecule has 0 amide bonds. The van der Waals surface area contributed by atoms with E-state index in [4.69, 9.17) is 4.74 Å². The molecule has 0 atom stereocenters. The summed E-state index contributed by atoms with van der Waals surface area (Å²) in [6.07, 6.45) is 3.76. The summed E-state index contributed by atoms with van der Waals surface area (Å²) < 4.78 is 5.28. The zero-order valence-corrected chi connectivity index (χ0v) is 9.81. The number of halogens is 1. The van der Waals surface area contributed by atoms with Crippen LogP contribution in [0.15, 0.2) is 36.4 Å². The van der Waals surface area contributed by atoms with Crippen LogP contribution in [0.2, 0.25) is 0 Å². The van der Waals surface area contributed by atoms with Crippen LogP contribution < -0.4 is 0 Å². The van der Waals surface area contributed by atoms with Crippen molar-refractivity contribution < 1.29 is 9.53 Å². The number of benzene rings is 1. The Hall–Kier alpha value is -0.840. The van der Waals surface area contributed by atoms with Gasteiger partial charge in [0.1, 0.15) is 6.61 Å². The Bertz CT molecular complexity index is 306. The highest BCUT2D eigenvalue weighted by Gasteiger charge is 1.94. The van der Waals surface area contributed by atoms with E-state index in [0.717, 1.165) is 5.56 Å². The van der Waals surface area contributed by atoms with Crippen molar-refractivity contribution in [3.63, 3.8) is 0 Å². The van der Waals surface area contributed by atoms with Gasteiger partial charge in [-0.2, -0.15) is 0 Å². The number of hydrogen-bond donors (Lipinski definition) is 0. The predicted octanol–water partition coefficient (Wildman–Crippen LogP) is 2.68. The molecule has 1 rings (SSSR count). The number of ether oxygens (including phenoxy) is 1. The minimum absolute atomic E-state index is 0.177. The molecule has 2 nitrogen and oxygen atoms in total. The Morgan fingerprint density at radius 2 is 2.07 bits per heavy atom. The highest BCUT2D eigenvalue weighted by Crippen LogP contribution is 2.00. The Kier molecular flexibility index (Phi) is 5.29. The maximum absolute atomic E-state index is 10.8. The van der Waals surface area contributed by atoms with Gasteiger partial charge in [0.2, 0.25) is 0 Å². The first-order valence-electron chi connectivity index (χ1n) is 4.26. The van der Waals surface area contributed by atoms with E-state index in [0.29, 0.717) is 11.0 Å². The fourth-order valence-electron chi connectivity index (χ4n) is 0.928. The van der Waals surface area contributed by atoms with Gasteiger partial charge in [0, 0.05) is 0 Å². The van der Waals surface area contributed by atoms with E-state index in [-0.39, 0.29) is 5.97 Å². The van der Waals surface area contributed by atoms with E-state index in [9.17, 15) is 4.79 Å². The molecule has 0 saturated heterocycles. The lowest BCUT2D eigenvalue weighted by atomic mass is 10.2. The molecule has 14 heavy (non-hydrogen) atoms. The van der Waals surface area contributed by atoms with Crippen molar-refractivity contribution in [2.45, 2.75) is 0 Å². The lowest BCUT2D eigenvalue weighted by Crippen LogP contribution is -2.04. The first kappa shape index (κ1) is 11.2. The molecule has 0 bridgehead atoms. The van der Waals surface area contributed by atoms with Gasteiger partial charge in [-0.25, -0.2) is 0 Å². The maximum atomic E-state index is 10.8. The van der Waals surface area contributed by atoms with Crippen molar-refractivity contribution in [3.8, 4) is 0 Å². The van der Waals surface area contributed by atoms with E-state index < -0.39 is 0 Å². The second kappa shape index (κ2) is 6.59. The van der Waals surface area contributed by atoms with Crippen molar-refractivity contribution in [1.29, 1.82) is 0 Å². The molecule has 0 unspecified atom stereocenters. The molecule has 74 valence electrons. The summed E-state index contributed by atoms with van der Waals surface area (Å²) in [4.78, 5) is 10.8. The summed E-state index contributed by atoms with van der Waals surface area (Å²) in [5.74, 6) is -0.177. The molecule has 0 saturated carbocycles. The molecule has 0 radical (unpaired) electrons. The zero-order valence-electron chi connectivity index (χ0n) is 7.65. The van der Waals surface area contributed by atoms with Gasteiger partial charge >= 0.3 is 5.97 Å². The summed E-state index contributed by atoms with van der Waals surface area (Å²) in [6, 6.07) is 9.90. The molecule has 0 aliphatic carbocycles. The highest BCUT2D eigenvalue weighted by atomic mass is 127. The molecule has 0 spiro atoms. The average molecular weight is 302 g/mol. The standard InChI is InChI=1S/C11H11IO2/c12-9-11(13)14-8-4-7-10-5-2-1-3-6-10/h1-7H,8-9H2/b7-4+. The van der Waals surface area contributed by atoms with Gasteiger partial charge < -0.3 is 4.74 Å². The molecule has 3 heteroatoms. The van der Waals surface area contributed by atoms with Crippen LogP contribution in [0.25, 0.3) is 6.08 Å². The number of hydrogen-bond acceptors (Lipinski definition) is 2. The van der Waals surface area contributed by atoms with E-state index in [1.165, 1.54) is 0 Å². The quantitative estimate of drug-likeness (QED) is 0.485. The number of carbonyl (C=O) groups excluding carboxylic acids is 1. The molecule has 0 aliphatic heterocycles. The van der Waals surface area contributed by atoms with E-state index >= 15 is 0 Å². The van der Waals surface area contributed by atoms with Crippen molar-refractivity contribution in [3.05, 3.63) is 42.0 Å². The van der Waals surface area contributed by atoms with Gasteiger partial charge in [-0.3, -0.25) is 4.79 Å². The van der Waals surface area contributed by atoms with Crippen LogP contribution in [-0.4, -0.2) is 17.0 Å². The third-order valence-electron chi connectivity index (χ3n) is 1.56. The fourth-order valence-corrected chi connectivity index (χ4v) is 1.15. The number of rotatable bonds is 4. The number of carbonyl (C=O) groups is 1. The summed E-state index contributed by atoms with van der Waals surface area (Å²) in [7, 11) is 0. The number of esters is 1. The molecular weight excluding hydrogens is 291 g/mol. The minimum Gasteiger partial charge on any atom is -0.461 e. The van der Waals surface area contributed by atoms with E-state index in [2.05, 4.69) is 0 Å². The Balaban J connectivity index is 2.31. The molecular formula is C11H11IO2. The maximum Gasteiger partial charge on any atom is 0.316 e. The Morgan fingerprint density at radius 3 is 2.71 bits per heavy atom. The monoisotopic (exact) mass is 302 g/mol. The zero-order chi connectivity index (χ0) is 10.2. The van der Waals surface area contributed by atoms with Crippen molar-refractivity contribution in [1.82, 2.24) is 0 Å². The normalized spacial score (nSPS) is 10.4. The molecule has 0 aromatic heterocycles. The highest BCUT2D eigenvalue weighted by molar-refractivity contribution is 14.1. The van der Waals surface area contributed by atoms with Gasteiger partial charge in [-0.1, -0.05) is 59.0 Å². The predicted molar refractivity (Wildman–Crippen MR) is 65.3 cm³/mol. The van der Waals surface area contributed by atoms with Crippen molar-refractivity contribution >= 4 is 34.6 Å². The minimum atomic E-state index is -0.177. The molecule has 0 fully saturated rings. The van der Waals surface area contributed by atoms with Crippen LogP contribution in [0.3, 0.4) is 0 Å². The third-order valence-corrected chi connectivity index (χ3v) is 2.18. The fraction of sp³-hybridized carbons (Fsp3) is 0.182. The lowest BCUT2D eigenvalue weighted by Gasteiger charge is -1.96. The van der Waals surface area contributed by atoms with Crippen LogP contribution in [-0.2, 0) is 9.53 Å². The second-order valence-electron chi connectivity index (χ2n) is 2.63. The van der Waals surface area contributed by atoms with Crippen LogP contribution in [0.5, 0.6) is 0 Å². The molecule has 1 aromatic carbocycles.